The average molecular weight is 301 g/mol. The molecule has 0 aliphatic heterocycles. The lowest BCUT2D eigenvalue weighted by atomic mass is 10.1. The Labute approximate surface area is 124 Å². The summed E-state index contributed by atoms with van der Waals surface area (Å²) < 4.78 is 23.4. The predicted molar refractivity (Wildman–Crippen MR) is 77.3 cm³/mol. The topological polar surface area (TPSA) is 62.2 Å². The van der Waals surface area contributed by atoms with Crippen molar-refractivity contribution >= 4 is 0 Å². The summed E-state index contributed by atoms with van der Waals surface area (Å²) in [4.78, 5) is 1.93. The van der Waals surface area contributed by atoms with Crippen molar-refractivity contribution in [3.05, 3.63) is 35.6 Å². The second kappa shape index (κ2) is 9.81. The smallest absolute Gasteiger partial charge is 0.169 e. The molecule has 21 heavy (non-hydrogen) atoms. The number of aliphatic hydroxyl groups excluding tert-OH is 2. The number of hydrogen-bond donors (Lipinski definition) is 2. The Morgan fingerprint density at radius 3 is 2.52 bits per heavy atom. The van der Waals surface area contributed by atoms with Gasteiger partial charge in [0.2, 0.25) is 0 Å². The van der Waals surface area contributed by atoms with Gasteiger partial charge in [0.1, 0.15) is 5.82 Å². The summed E-state index contributed by atoms with van der Waals surface area (Å²) in [6.07, 6.45) is -0.697. The molecule has 6 heteroatoms. The molecule has 0 bridgehead atoms. The standard InChI is InChI=1S/C15H24FNO4/c1-20-15(21-2)11-17(8-9-18)7-6-14(19)12-4-3-5-13(16)10-12/h3-5,10,14-15,18-19H,6-9,11H2,1-2H3. The van der Waals surface area contributed by atoms with Gasteiger partial charge in [0.15, 0.2) is 6.29 Å². The Hall–Kier alpha value is -1.05. The molecule has 120 valence electrons. The third-order valence-corrected chi connectivity index (χ3v) is 3.30. The number of ether oxygens (including phenoxy) is 2. The highest BCUT2D eigenvalue weighted by Crippen LogP contribution is 2.18. The highest BCUT2D eigenvalue weighted by atomic mass is 19.1. The van der Waals surface area contributed by atoms with Gasteiger partial charge in [-0.25, -0.2) is 4.39 Å². The van der Waals surface area contributed by atoms with Gasteiger partial charge in [-0.3, -0.25) is 4.90 Å². The lowest BCUT2D eigenvalue weighted by Gasteiger charge is -2.26. The first-order valence-electron chi connectivity index (χ1n) is 6.93. The Kier molecular flexibility index (Phi) is 8.41. The normalized spacial score (nSPS) is 13.1. The molecule has 2 N–H and O–H groups in total. The minimum atomic E-state index is -0.745. The van der Waals surface area contributed by atoms with Crippen LogP contribution in [0, 0.1) is 5.82 Å². The summed E-state index contributed by atoms with van der Waals surface area (Å²) in [5.41, 5.74) is 0.550. The average Bonchev–Trinajstić information content (AvgIpc) is 2.49. The third kappa shape index (κ3) is 6.50. The van der Waals surface area contributed by atoms with Crippen molar-refractivity contribution in [1.29, 1.82) is 0 Å². The maximum atomic E-state index is 13.1. The highest BCUT2D eigenvalue weighted by Gasteiger charge is 2.15. The number of methoxy groups -OCH3 is 2. The van der Waals surface area contributed by atoms with E-state index in [1.807, 2.05) is 4.90 Å². The first-order chi connectivity index (χ1) is 10.1. The van der Waals surface area contributed by atoms with Gasteiger partial charge in [0.25, 0.3) is 0 Å². The molecule has 1 aromatic rings. The van der Waals surface area contributed by atoms with Crippen molar-refractivity contribution in [2.24, 2.45) is 0 Å². The van der Waals surface area contributed by atoms with Crippen LogP contribution in [0.3, 0.4) is 0 Å². The van der Waals surface area contributed by atoms with Crippen molar-refractivity contribution in [3.63, 3.8) is 0 Å². The van der Waals surface area contributed by atoms with Gasteiger partial charge in [-0.2, -0.15) is 0 Å². The monoisotopic (exact) mass is 301 g/mol. The molecule has 0 aromatic heterocycles. The Balaban J connectivity index is 2.51. The minimum Gasteiger partial charge on any atom is -0.395 e. The molecule has 0 heterocycles. The van der Waals surface area contributed by atoms with Crippen LogP contribution in [0.4, 0.5) is 4.39 Å². The number of rotatable bonds is 10. The first-order valence-corrected chi connectivity index (χ1v) is 6.93. The summed E-state index contributed by atoms with van der Waals surface area (Å²) in [5.74, 6) is -0.363. The lowest BCUT2D eigenvalue weighted by molar-refractivity contribution is -0.117. The van der Waals surface area contributed by atoms with Crippen LogP contribution in [0.2, 0.25) is 0 Å². The van der Waals surface area contributed by atoms with Crippen molar-refractivity contribution in [2.45, 2.75) is 18.8 Å². The molecule has 0 fully saturated rings. The molecular weight excluding hydrogens is 277 g/mol. The number of halogens is 1. The predicted octanol–water partition coefficient (Wildman–Crippen LogP) is 1.16. The van der Waals surface area contributed by atoms with Crippen LogP contribution in [-0.2, 0) is 9.47 Å². The van der Waals surface area contributed by atoms with Crippen LogP contribution in [0.25, 0.3) is 0 Å². The Bertz CT molecular complexity index is 401. The van der Waals surface area contributed by atoms with Gasteiger partial charge in [0, 0.05) is 33.9 Å². The van der Waals surface area contributed by atoms with Gasteiger partial charge in [0.05, 0.1) is 12.7 Å². The van der Waals surface area contributed by atoms with Gasteiger partial charge in [-0.05, 0) is 24.1 Å². The van der Waals surface area contributed by atoms with Crippen molar-refractivity contribution in [2.75, 3.05) is 40.5 Å². The van der Waals surface area contributed by atoms with Crippen LogP contribution in [0.1, 0.15) is 18.1 Å². The van der Waals surface area contributed by atoms with Crippen molar-refractivity contribution < 1.29 is 24.1 Å². The molecule has 0 saturated carbocycles. The fourth-order valence-electron chi connectivity index (χ4n) is 2.08. The number of benzene rings is 1. The fraction of sp³-hybridized carbons (Fsp3) is 0.600. The van der Waals surface area contributed by atoms with E-state index in [1.165, 1.54) is 12.1 Å². The van der Waals surface area contributed by atoms with Crippen LogP contribution in [0.15, 0.2) is 24.3 Å². The Morgan fingerprint density at radius 1 is 1.24 bits per heavy atom. The maximum Gasteiger partial charge on any atom is 0.169 e. The van der Waals surface area contributed by atoms with E-state index in [-0.39, 0.29) is 18.7 Å². The SMILES string of the molecule is COC(CN(CCO)CCC(O)c1cccc(F)c1)OC. The van der Waals surface area contributed by atoms with Gasteiger partial charge in [-0.15, -0.1) is 0 Å². The van der Waals surface area contributed by atoms with Crippen LogP contribution in [-0.4, -0.2) is 61.9 Å². The van der Waals surface area contributed by atoms with E-state index in [2.05, 4.69) is 0 Å². The fourth-order valence-corrected chi connectivity index (χ4v) is 2.08. The molecule has 0 radical (unpaired) electrons. The van der Waals surface area contributed by atoms with Crippen LogP contribution in [0.5, 0.6) is 0 Å². The summed E-state index contributed by atoms with van der Waals surface area (Å²) in [6, 6.07) is 5.94. The van der Waals surface area contributed by atoms with E-state index in [0.29, 0.717) is 31.6 Å². The molecular formula is C15H24FNO4. The second-order valence-corrected chi connectivity index (χ2v) is 4.78. The third-order valence-electron chi connectivity index (χ3n) is 3.30. The number of nitrogens with zero attached hydrogens (tertiary/aromatic N) is 1. The molecule has 0 amide bonds. The zero-order chi connectivity index (χ0) is 15.7. The van der Waals surface area contributed by atoms with E-state index in [0.717, 1.165) is 0 Å². The number of aliphatic hydroxyl groups is 2. The summed E-state index contributed by atoms with van der Waals surface area (Å²) in [7, 11) is 3.10. The van der Waals surface area contributed by atoms with E-state index >= 15 is 0 Å². The molecule has 1 aromatic carbocycles. The van der Waals surface area contributed by atoms with E-state index in [1.54, 1.807) is 26.4 Å². The lowest BCUT2D eigenvalue weighted by Crippen LogP contribution is -2.37. The Morgan fingerprint density at radius 2 is 1.95 bits per heavy atom. The molecule has 0 saturated heterocycles. The quantitative estimate of drug-likeness (QED) is 0.635. The molecule has 0 aliphatic carbocycles. The summed E-state index contributed by atoms with van der Waals surface area (Å²) in [6.45, 7) is 1.50. The molecule has 1 rings (SSSR count). The van der Waals surface area contributed by atoms with Crippen molar-refractivity contribution in [3.8, 4) is 0 Å². The zero-order valence-electron chi connectivity index (χ0n) is 12.5. The molecule has 0 spiro atoms. The van der Waals surface area contributed by atoms with Gasteiger partial charge in [-0.1, -0.05) is 12.1 Å². The summed E-state index contributed by atoms with van der Waals surface area (Å²) >= 11 is 0. The first kappa shape index (κ1) is 18.0. The maximum absolute atomic E-state index is 13.1. The number of hydrogen-bond acceptors (Lipinski definition) is 5. The van der Waals surface area contributed by atoms with Gasteiger partial charge >= 0.3 is 0 Å². The largest absolute Gasteiger partial charge is 0.395 e. The van der Waals surface area contributed by atoms with Crippen molar-refractivity contribution in [1.82, 2.24) is 4.90 Å². The van der Waals surface area contributed by atoms with Crippen LogP contribution >= 0.6 is 0 Å². The highest BCUT2D eigenvalue weighted by molar-refractivity contribution is 5.18. The van der Waals surface area contributed by atoms with E-state index in [4.69, 9.17) is 14.6 Å². The molecule has 1 unspecified atom stereocenters. The van der Waals surface area contributed by atoms with Gasteiger partial charge < -0.3 is 19.7 Å². The van der Waals surface area contributed by atoms with E-state index < -0.39 is 6.10 Å². The molecule has 1 atom stereocenters. The molecule has 5 nitrogen and oxygen atoms in total. The van der Waals surface area contributed by atoms with Crippen LogP contribution < -0.4 is 0 Å². The minimum absolute atomic E-state index is 0.0101. The molecule has 0 aliphatic rings. The van der Waals surface area contributed by atoms with E-state index in [9.17, 15) is 9.50 Å². The second-order valence-electron chi connectivity index (χ2n) is 4.78. The summed E-state index contributed by atoms with van der Waals surface area (Å²) in [5, 5.41) is 19.2. The zero-order valence-corrected chi connectivity index (χ0v) is 12.5.